The number of nitrogens with one attached hydrogen (secondary N) is 5. The molecule has 4 aliphatic rings. The lowest BCUT2D eigenvalue weighted by Gasteiger charge is -2.30. The summed E-state index contributed by atoms with van der Waals surface area (Å²) in [6.45, 7) is 0.568. The first-order valence-electron chi connectivity index (χ1n) is 22.6. The summed E-state index contributed by atoms with van der Waals surface area (Å²) < 4.78 is 6.85. The van der Waals surface area contributed by atoms with Crippen molar-refractivity contribution < 1.29 is 43.1 Å². The predicted octanol–water partition coefficient (Wildman–Crippen LogP) is 1.84. The molecule has 1 aliphatic carbocycles. The number of ether oxygens (including phenoxy) is 1. The second-order valence-electron chi connectivity index (χ2n) is 17.1. The Hall–Kier alpha value is -7.90. The number of imide groups is 1. The van der Waals surface area contributed by atoms with Gasteiger partial charge in [0.05, 0.1) is 48.6 Å². The van der Waals surface area contributed by atoms with Gasteiger partial charge in [-0.3, -0.25) is 43.3 Å². The van der Waals surface area contributed by atoms with Crippen molar-refractivity contribution >= 4 is 63.9 Å². The summed E-state index contributed by atoms with van der Waals surface area (Å²) >= 11 is 0. The van der Waals surface area contributed by atoms with E-state index in [-0.39, 0.29) is 79.9 Å². The number of unbranched alkanes of at least 4 members (excludes halogenated alkanes) is 2. The van der Waals surface area contributed by atoms with Gasteiger partial charge in [0.15, 0.2) is 0 Å². The number of cyclic esters (lactones) is 1. The van der Waals surface area contributed by atoms with Gasteiger partial charge in [-0.1, -0.05) is 43.7 Å². The Bertz CT molecular complexity index is 2860. The van der Waals surface area contributed by atoms with Crippen molar-refractivity contribution in [3.8, 4) is 11.4 Å². The molecular formula is C48H49N9O11. The Balaban J connectivity index is 0.865. The summed E-state index contributed by atoms with van der Waals surface area (Å²) in [5, 5.41) is 17.1. The second-order valence-corrected chi connectivity index (χ2v) is 17.1. The van der Waals surface area contributed by atoms with Crippen molar-refractivity contribution in [3.05, 3.63) is 109 Å². The first-order valence-corrected chi connectivity index (χ1v) is 22.6. The minimum absolute atomic E-state index is 0.0214. The Morgan fingerprint density at radius 2 is 1.53 bits per heavy atom. The lowest BCUT2D eigenvalue weighted by Crippen LogP contribution is -2.52. The molecule has 2 aromatic heterocycles. The Kier molecular flexibility index (Phi) is 13.7. The Labute approximate surface area is 388 Å². The normalized spacial score (nSPS) is 16.8. The van der Waals surface area contributed by atoms with Crippen molar-refractivity contribution in [2.24, 2.45) is 5.18 Å². The Morgan fingerprint density at radius 1 is 0.809 bits per heavy atom. The van der Waals surface area contributed by atoms with Crippen LogP contribution in [0.3, 0.4) is 0 Å². The van der Waals surface area contributed by atoms with Gasteiger partial charge in [-0.25, -0.2) is 9.78 Å². The number of aryl methyl sites for hydroxylation is 2. The van der Waals surface area contributed by atoms with E-state index >= 15 is 0 Å². The van der Waals surface area contributed by atoms with Crippen LogP contribution in [-0.2, 0) is 81.0 Å². The SMILES string of the molecule is CC[C@@]1(N=O)C(=O)OCc2c1cc1n(c2=O)Cc2c-1nc1ccc(NC(=O)CNC(=O)[C@H](Cc3ccccc3)NC(=O)CNC(=O)CNC(=O)CCCCCN3C(=O)C=CC3=O)c3c1c2CCC3. The molecule has 0 bridgehead atoms. The topological polar surface area (TPSA) is 274 Å². The molecule has 0 saturated heterocycles. The zero-order valence-electron chi connectivity index (χ0n) is 37.2. The summed E-state index contributed by atoms with van der Waals surface area (Å²) in [7, 11) is 0. The summed E-state index contributed by atoms with van der Waals surface area (Å²) in [5.74, 6) is -4.36. The molecule has 0 spiro atoms. The van der Waals surface area contributed by atoms with Gasteiger partial charge in [0.25, 0.3) is 17.4 Å². The van der Waals surface area contributed by atoms with Crippen molar-refractivity contribution in [2.45, 2.75) is 89.4 Å². The summed E-state index contributed by atoms with van der Waals surface area (Å²) in [6, 6.07) is 13.0. The molecule has 20 heteroatoms. The third kappa shape index (κ3) is 9.38. The number of nitroso groups, excluding NO2 is 1. The largest absolute Gasteiger partial charge is 0.458 e. The lowest BCUT2D eigenvalue weighted by molar-refractivity contribution is -0.154. The molecule has 0 radical (unpaired) electrons. The maximum atomic E-state index is 13.9. The van der Waals surface area contributed by atoms with Gasteiger partial charge in [-0.05, 0) is 78.6 Å². The van der Waals surface area contributed by atoms with Crippen molar-refractivity contribution in [1.82, 2.24) is 35.7 Å². The molecule has 0 fully saturated rings. The number of esters is 1. The molecule has 5 heterocycles. The number of nitrogens with zero attached hydrogens (tertiary/aromatic N) is 4. The molecule has 7 amide bonds. The van der Waals surface area contributed by atoms with E-state index in [1.807, 2.05) is 0 Å². The zero-order chi connectivity index (χ0) is 48.1. The van der Waals surface area contributed by atoms with Crippen LogP contribution in [0.4, 0.5) is 5.69 Å². The Morgan fingerprint density at radius 3 is 2.28 bits per heavy atom. The molecule has 3 aliphatic heterocycles. The van der Waals surface area contributed by atoms with Gasteiger partial charge in [-0.15, -0.1) is 4.91 Å². The highest BCUT2D eigenvalue weighted by Crippen LogP contribution is 2.44. The fourth-order valence-corrected chi connectivity index (χ4v) is 9.27. The summed E-state index contributed by atoms with van der Waals surface area (Å²) in [4.78, 5) is 133. The first-order chi connectivity index (χ1) is 32.8. The van der Waals surface area contributed by atoms with Crippen LogP contribution in [0.2, 0.25) is 0 Å². The van der Waals surface area contributed by atoms with Gasteiger partial charge in [0.2, 0.25) is 35.1 Å². The smallest absolute Gasteiger partial charge is 0.342 e. The number of amides is 7. The highest BCUT2D eigenvalue weighted by atomic mass is 16.5. The number of aromatic nitrogens is 2. The third-order valence-corrected chi connectivity index (χ3v) is 12.8. The maximum Gasteiger partial charge on any atom is 0.342 e. The molecule has 5 N–H and O–H groups in total. The van der Waals surface area contributed by atoms with Gasteiger partial charge >= 0.3 is 5.97 Å². The highest BCUT2D eigenvalue weighted by Gasteiger charge is 2.49. The van der Waals surface area contributed by atoms with Gasteiger partial charge in [0.1, 0.15) is 12.6 Å². The number of carbonyl (C=O) groups excluding carboxylic acids is 8. The predicted molar refractivity (Wildman–Crippen MR) is 244 cm³/mol. The molecule has 0 unspecified atom stereocenters. The van der Waals surface area contributed by atoms with E-state index in [1.165, 1.54) is 12.2 Å². The molecule has 2 atom stereocenters. The number of fused-ring (bicyclic) bond motifs is 5. The van der Waals surface area contributed by atoms with Crippen LogP contribution in [0.5, 0.6) is 0 Å². The average molecular weight is 928 g/mol. The van der Waals surface area contributed by atoms with Crippen molar-refractivity contribution in [2.75, 3.05) is 31.5 Å². The fraction of sp³-hybridized carbons (Fsp3) is 0.375. The average Bonchev–Trinajstić information content (AvgIpc) is 3.88. The van der Waals surface area contributed by atoms with Crippen LogP contribution < -0.4 is 32.1 Å². The first kappa shape index (κ1) is 46.6. The molecule has 352 valence electrons. The quantitative estimate of drug-likeness (QED) is 0.0344. The van der Waals surface area contributed by atoms with Gasteiger partial charge in [-0.2, -0.15) is 0 Å². The zero-order valence-corrected chi connectivity index (χ0v) is 37.2. The minimum Gasteiger partial charge on any atom is -0.458 e. The molecule has 20 nitrogen and oxygen atoms in total. The molecule has 0 saturated carbocycles. The number of carbonyl (C=O) groups is 8. The lowest BCUT2D eigenvalue weighted by atomic mass is 9.83. The van der Waals surface area contributed by atoms with Crippen molar-refractivity contribution in [1.29, 1.82) is 0 Å². The van der Waals surface area contributed by atoms with E-state index in [9.17, 15) is 48.1 Å². The molecule has 2 aromatic carbocycles. The summed E-state index contributed by atoms with van der Waals surface area (Å²) in [6.07, 6.45) is 6.31. The number of anilines is 1. The van der Waals surface area contributed by atoms with Gasteiger partial charge in [0, 0.05) is 53.7 Å². The van der Waals surface area contributed by atoms with E-state index in [0.717, 1.165) is 39.0 Å². The van der Waals surface area contributed by atoms with Crippen LogP contribution in [0.25, 0.3) is 22.3 Å². The van der Waals surface area contributed by atoms with Crippen LogP contribution in [0, 0.1) is 4.91 Å². The molecular weight excluding hydrogens is 879 g/mol. The van der Waals surface area contributed by atoms with Crippen LogP contribution >= 0.6 is 0 Å². The maximum absolute atomic E-state index is 13.9. The molecule has 8 rings (SSSR count). The van der Waals surface area contributed by atoms with E-state index in [4.69, 9.17) is 9.72 Å². The fourth-order valence-electron chi connectivity index (χ4n) is 9.27. The standard InChI is InChI=1S/C48H49N9O11/c1-2-48(55-67)32-21-36-44-30(25-57(36)46(65)31(32)26-68-47(48)66)28-12-9-13-29-33(15-16-34(54-44)43(28)29)52-40(61)24-51-45(64)35(20-27-10-5-3-6-11-27)53-39(60)23-50-38(59)22-49-37(58)14-7-4-8-19-56-41(62)17-18-42(56)63/h3,5-6,10-11,15-18,21,35H,2,4,7-9,12-14,19-20,22-26H2,1H3,(H,49,58)(H,50,59)(H,51,64)(H,52,61)(H,53,60)/t35-,48-/m0/s1. The highest BCUT2D eigenvalue weighted by molar-refractivity contribution is 6.12. The molecule has 68 heavy (non-hydrogen) atoms. The monoisotopic (exact) mass is 927 g/mol. The third-order valence-electron chi connectivity index (χ3n) is 12.8. The van der Waals surface area contributed by atoms with Crippen molar-refractivity contribution in [3.63, 3.8) is 0 Å². The van der Waals surface area contributed by atoms with E-state index in [2.05, 4.69) is 31.8 Å². The van der Waals surface area contributed by atoms with Gasteiger partial charge < -0.3 is 35.9 Å². The van der Waals surface area contributed by atoms with E-state index in [1.54, 1.807) is 60.0 Å². The van der Waals surface area contributed by atoms with E-state index in [0.29, 0.717) is 54.7 Å². The minimum atomic E-state index is -1.83. The summed E-state index contributed by atoms with van der Waals surface area (Å²) in [5.41, 5.74) is 3.88. The number of pyridine rings is 2. The second kappa shape index (κ2) is 19.9. The number of rotatable bonds is 19. The molecule has 4 aromatic rings. The van der Waals surface area contributed by atoms with Crippen LogP contribution in [0.15, 0.2) is 70.7 Å². The van der Waals surface area contributed by atoms with Crippen LogP contribution in [-0.4, -0.2) is 94.0 Å². The van der Waals surface area contributed by atoms with Crippen LogP contribution in [0.1, 0.15) is 78.8 Å². The number of benzene rings is 2. The number of hydrogen-bond donors (Lipinski definition) is 5. The van der Waals surface area contributed by atoms with E-state index < -0.39 is 54.3 Å². The number of hydrogen-bond acceptors (Lipinski definition) is 13.